The molecule has 4 aromatic rings. The molecular weight excluding hydrogens is 444 g/mol. The Bertz CT molecular complexity index is 1360. The molecule has 36 heavy (non-hydrogen) atoms. The molecule has 1 aliphatic carbocycles. The highest BCUT2D eigenvalue weighted by atomic mass is 16.3. The van der Waals surface area contributed by atoms with Crippen LogP contribution in [0.25, 0.3) is 0 Å². The van der Waals surface area contributed by atoms with Gasteiger partial charge in [0, 0.05) is 17.6 Å². The van der Waals surface area contributed by atoms with Crippen LogP contribution in [0.2, 0.25) is 0 Å². The maximum atomic E-state index is 10.0. The van der Waals surface area contributed by atoms with Gasteiger partial charge in [-0.1, -0.05) is 78.9 Å². The lowest BCUT2D eigenvalue weighted by molar-refractivity contribution is 0.109. The standard InChI is InChI=1S/C31H32N4O/c32-31-30-28(33-21-34(31)24-16-18-26(36)19-17-24)27(20-22-10-4-1-5-11-22)29(23-12-6-2-7-13-23)35(30)25-14-8-3-9-15-25/h1-15,21,24,26-27,29,32,36H,16-20H2. The van der Waals surface area contributed by atoms with E-state index in [1.807, 2.05) is 17.0 Å². The van der Waals surface area contributed by atoms with Gasteiger partial charge in [0.25, 0.3) is 0 Å². The van der Waals surface area contributed by atoms with Crippen LogP contribution in [0.15, 0.2) is 97.3 Å². The van der Waals surface area contributed by atoms with Crippen molar-refractivity contribution in [2.75, 3.05) is 4.90 Å². The number of hydrogen-bond donors (Lipinski definition) is 2. The number of fused-ring (bicyclic) bond motifs is 1. The van der Waals surface area contributed by atoms with Gasteiger partial charge in [0.2, 0.25) is 0 Å². The molecule has 2 aliphatic rings. The smallest absolute Gasteiger partial charge is 0.152 e. The molecule has 5 heteroatoms. The van der Waals surface area contributed by atoms with E-state index in [2.05, 4.69) is 89.8 Å². The predicted octanol–water partition coefficient (Wildman–Crippen LogP) is 6.06. The maximum Gasteiger partial charge on any atom is 0.152 e. The van der Waals surface area contributed by atoms with Crippen LogP contribution < -0.4 is 10.4 Å². The summed E-state index contributed by atoms with van der Waals surface area (Å²) in [5.74, 6) is 0.108. The molecule has 1 fully saturated rings. The van der Waals surface area contributed by atoms with Crippen LogP contribution in [0.1, 0.15) is 60.5 Å². The summed E-state index contributed by atoms with van der Waals surface area (Å²) >= 11 is 0. The van der Waals surface area contributed by atoms with Gasteiger partial charge in [0.05, 0.1) is 24.2 Å². The summed E-state index contributed by atoms with van der Waals surface area (Å²) in [6.07, 6.45) is 5.82. The molecule has 2 N–H and O–H groups in total. The second-order valence-electron chi connectivity index (χ2n) is 10.1. The van der Waals surface area contributed by atoms with Crippen LogP contribution in [-0.4, -0.2) is 20.8 Å². The van der Waals surface area contributed by atoms with Gasteiger partial charge in [-0.25, -0.2) is 4.98 Å². The second kappa shape index (κ2) is 9.75. The van der Waals surface area contributed by atoms with E-state index < -0.39 is 0 Å². The summed E-state index contributed by atoms with van der Waals surface area (Å²) in [5.41, 5.74) is 6.00. The third-order valence-electron chi connectivity index (χ3n) is 7.83. The van der Waals surface area contributed by atoms with Crippen molar-refractivity contribution in [1.82, 2.24) is 9.55 Å². The van der Waals surface area contributed by atoms with Crippen LogP contribution in [0.3, 0.4) is 0 Å². The molecular formula is C31H32N4O. The number of nitrogens with zero attached hydrogens (tertiary/aromatic N) is 3. The van der Waals surface area contributed by atoms with Gasteiger partial charge >= 0.3 is 0 Å². The van der Waals surface area contributed by atoms with Crippen molar-refractivity contribution in [2.45, 2.75) is 56.2 Å². The quantitative estimate of drug-likeness (QED) is 0.368. The van der Waals surface area contributed by atoms with Crippen LogP contribution in [-0.2, 0) is 6.42 Å². The molecule has 6 rings (SSSR count). The minimum absolute atomic E-state index is 0.0319. The first-order valence-electron chi connectivity index (χ1n) is 13.0. The summed E-state index contributed by atoms with van der Waals surface area (Å²) in [4.78, 5) is 7.43. The fourth-order valence-electron chi connectivity index (χ4n) is 6.06. The monoisotopic (exact) mass is 476 g/mol. The Labute approximate surface area is 212 Å². The van der Waals surface area contributed by atoms with E-state index in [4.69, 9.17) is 4.98 Å². The van der Waals surface area contributed by atoms with Crippen LogP contribution in [0.4, 0.5) is 11.4 Å². The van der Waals surface area contributed by atoms with Crippen molar-refractivity contribution in [3.05, 3.63) is 120 Å². The molecule has 1 saturated carbocycles. The Morgan fingerprint density at radius 1 is 0.806 bits per heavy atom. The lowest BCUT2D eigenvalue weighted by Crippen LogP contribution is -2.33. The van der Waals surface area contributed by atoms with Crippen molar-refractivity contribution >= 4 is 11.4 Å². The fraction of sp³-hybridized carbons (Fsp3) is 0.290. The number of benzene rings is 3. The molecule has 0 spiro atoms. The molecule has 5 nitrogen and oxygen atoms in total. The number of rotatable bonds is 5. The topological polar surface area (TPSA) is 65.1 Å². The fourth-order valence-corrected chi connectivity index (χ4v) is 6.06. The zero-order valence-electron chi connectivity index (χ0n) is 20.4. The van der Waals surface area contributed by atoms with Crippen LogP contribution >= 0.6 is 0 Å². The number of aliphatic hydroxyl groups excluding tert-OH is 1. The van der Waals surface area contributed by atoms with Gasteiger partial charge in [-0.3, -0.25) is 5.41 Å². The van der Waals surface area contributed by atoms with Gasteiger partial charge in [-0.2, -0.15) is 0 Å². The van der Waals surface area contributed by atoms with Crippen molar-refractivity contribution < 1.29 is 5.11 Å². The molecule has 0 amide bonds. The molecule has 1 aliphatic heterocycles. The zero-order chi connectivity index (χ0) is 24.5. The Hall–Kier alpha value is -3.70. The molecule has 3 aromatic carbocycles. The second-order valence-corrected chi connectivity index (χ2v) is 10.1. The third-order valence-corrected chi connectivity index (χ3v) is 7.83. The molecule has 1 aromatic heterocycles. The van der Waals surface area contributed by atoms with Crippen molar-refractivity contribution in [1.29, 1.82) is 5.41 Å². The molecule has 182 valence electrons. The average molecular weight is 477 g/mol. The summed E-state index contributed by atoms with van der Waals surface area (Å²) in [7, 11) is 0. The Morgan fingerprint density at radius 2 is 1.42 bits per heavy atom. The molecule has 0 radical (unpaired) electrons. The number of anilines is 2. The summed E-state index contributed by atoms with van der Waals surface area (Å²) < 4.78 is 2.05. The van der Waals surface area contributed by atoms with Crippen LogP contribution in [0, 0.1) is 5.41 Å². The van der Waals surface area contributed by atoms with Crippen molar-refractivity contribution in [3.8, 4) is 0 Å². The lowest BCUT2D eigenvalue weighted by atomic mass is 9.87. The number of aliphatic hydroxyl groups is 1. The molecule has 0 bridgehead atoms. The highest BCUT2D eigenvalue weighted by Crippen LogP contribution is 2.51. The van der Waals surface area contributed by atoms with Gasteiger partial charge in [-0.05, 0) is 55.4 Å². The SMILES string of the molecule is N=c1c2c(ncn1C1CCC(O)CC1)C(Cc1ccccc1)C(c1ccccc1)N2c1ccccc1. The van der Waals surface area contributed by atoms with E-state index in [-0.39, 0.29) is 24.1 Å². The van der Waals surface area contributed by atoms with Crippen LogP contribution in [0.5, 0.6) is 0 Å². The largest absolute Gasteiger partial charge is 0.393 e. The molecule has 2 atom stereocenters. The summed E-state index contributed by atoms with van der Waals surface area (Å²) in [6, 6.07) is 32.0. The Balaban J connectivity index is 1.53. The first-order valence-corrected chi connectivity index (χ1v) is 13.0. The minimum Gasteiger partial charge on any atom is -0.393 e. The third kappa shape index (κ3) is 4.14. The average Bonchev–Trinajstić information content (AvgIpc) is 3.26. The Morgan fingerprint density at radius 3 is 2.08 bits per heavy atom. The Kier molecular flexibility index (Phi) is 6.16. The number of hydrogen-bond acceptors (Lipinski definition) is 4. The number of aromatic nitrogens is 2. The van der Waals surface area contributed by atoms with Gasteiger partial charge in [0.15, 0.2) is 5.49 Å². The number of para-hydroxylation sites is 1. The molecule has 2 heterocycles. The lowest BCUT2D eigenvalue weighted by Gasteiger charge is -2.32. The van der Waals surface area contributed by atoms with Crippen molar-refractivity contribution in [2.24, 2.45) is 0 Å². The highest BCUT2D eigenvalue weighted by Gasteiger charge is 2.43. The van der Waals surface area contributed by atoms with E-state index in [9.17, 15) is 10.5 Å². The van der Waals surface area contributed by atoms with Crippen molar-refractivity contribution in [3.63, 3.8) is 0 Å². The molecule has 0 saturated heterocycles. The summed E-state index contributed by atoms with van der Waals surface area (Å²) in [5, 5.41) is 19.5. The maximum absolute atomic E-state index is 10.0. The van der Waals surface area contributed by atoms with E-state index in [0.29, 0.717) is 5.49 Å². The normalized spacial score (nSPS) is 23.4. The summed E-state index contributed by atoms with van der Waals surface area (Å²) in [6.45, 7) is 0. The molecule has 2 unspecified atom stereocenters. The van der Waals surface area contributed by atoms with Gasteiger partial charge < -0.3 is 14.6 Å². The first kappa shape index (κ1) is 22.7. The zero-order valence-corrected chi connectivity index (χ0v) is 20.4. The van der Waals surface area contributed by atoms with E-state index >= 15 is 0 Å². The predicted molar refractivity (Wildman–Crippen MR) is 142 cm³/mol. The highest BCUT2D eigenvalue weighted by molar-refractivity contribution is 5.71. The minimum atomic E-state index is -0.225. The van der Waals surface area contributed by atoms with E-state index in [1.54, 1.807) is 0 Å². The van der Waals surface area contributed by atoms with Gasteiger partial charge in [0.1, 0.15) is 5.69 Å². The van der Waals surface area contributed by atoms with E-state index in [1.165, 1.54) is 11.1 Å². The van der Waals surface area contributed by atoms with Gasteiger partial charge in [-0.15, -0.1) is 0 Å². The number of nitrogens with one attached hydrogen (secondary N) is 1. The first-order chi connectivity index (χ1) is 17.7. The van der Waals surface area contributed by atoms with E-state index in [0.717, 1.165) is 49.2 Å².